The van der Waals surface area contributed by atoms with Gasteiger partial charge in [-0.15, -0.1) is 0 Å². The third-order valence-electron chi connectivity index (χ3n) is 3.71. The molecule has 0 saturated carbocycles. The monoisotopic (exact) mass is 347 g/mol. The van der Waals surface area contributed by atoms with Crippen molar-refractivity contribution in [3.05, 3.63) is 53.6 Å². The predicted molar refractivity (Wildman–Crippen MR) is 95.4 cm³/mol. The highest BCUT2D eigenvalue weighted by Crippen LogP contribution is 2.17. The van der Waals surface area contributed by atoms with E-state index in [1.54, 1.807) is 13.0 Å². The van der Waals surface area contributed by atoms with E-state index in [-0.39, 0.29) is 10.8 Å². The molecule has 0 aliphatic heterocycles. The second-order valence-corrected chi connectivity index (χ2v) is 7.29. The fraction of sp³-hybridized carbons (Fsp3) is 0.235. The number of hydrogen-bond donors (Lipinski definition) is 3. The molecule has 0 heterocycles. The number of hydrogen-bond acceptors (Lipinski definition) is 4. The maximum Gasteiger partial charge on any atom is 0.246 e. The first-order valence-electron chi connectivity index (χ1n) is 7.44. The Morgan fingerprint density at radius 1 is 1.04 bits per heavy atom. The van der Waals surface area contributed by atoms with Crippen LogP contribution in [0.15, 0.2) is 47.4 Å². The molecular weight excluding hydrogens is 326 g/mol. The molecule has 2 aromatic rings. The molecule has 128 valence electrons. The molecule has 7 heteroatoms. The van der Waals surface area contributed by atoms with Gasteiger partial charge in [-0.05, 0) is 62.2 Å². The normalized spacial score (nSPS) is 12.5. The first-order chi connectivity index (χ1) is 11.2. The number of carbonyl (C=O) groups excluding carboxylic acids is 1. The lowest BCUT2D eigenvalue weighted by atomic mass is 10.1. The van der Waals surface area contributed by atoms with E-state index in [1.807, 2.05) is 32.0 Å². The average Bonchev–Trinajstić information content (AvgIpc) is 2.50. The second-order valence-electron chi connectivity index (χ2n) is 5.73. The minimum Gasteiger partial charge on any atom is -0.374 e. The van der Waals surface area contributed by atoms with Crippen molar-refractivity contribution < 1.29 is 13.2 Å². The molecule has 1 unspecified atom stereocenters. The zero-order chi connectivity index (χ0) is 17.9. The van der Waals surface area contributed by atoms with Gasteiger partial charge in [0.05, 0.1) is 4.90 Å². The van der Waals surface area contributed by atoms with Crippen molar-refractivity contribution in [2.45, 2.75) is 31.7 Å². The summed E-state index contributed by atoms with van der Waals surface area (Å²) in [6.45, 7) is 5.76. The maximum atomic E-state index is 12.3. The van der Waals surface area contributed by atoms with Gasteiger partial charge in [0.25, 0.3) is 0 Å². The van der Waals surface area contributed by atoms with Crippen LogP contribution < -0.4 is 15.8 Å². The number of primary sulfonamides is 1. The van der Waals surface area contributed by atoms with Crippen molar-refractivity contribution in [1.82, 2.24) is 0 Å². The van der Waals surface area contributed by atoms with Crippen molar-refractivity contribution in [3.8, 4) is 0 Å². The van der Waals surface area contributed by atoms with Crippen LogP contribution in [0.2, 0.25) is 0 Å². The number of rotatable bonds is 5. The van der Waals surface area contributed by atoms with Crippen LogP contribution in [0, 0.1) is 13.8 Å². The number of amides is 1. The SMILES string of the molecule is Cc1ccc(NC(C)C(=O)Nc2cccc(S(N)(=O)=O)c2)cc1C. The van der Waals surface area contributed by atoms with Crippen molar-refractivity contribution >= 4 is 27.3 Å². The molecule has 0 aromatic heterocycles. The van der Waals surface area contributed by atoms with Crippen molar-refractivity contribution in [1.29, 1.82) is 0 Å². The molecule has 0 bridgehead atoms. The molecule has 1 amide bonds. The first-order valence-corrected chi connectivity index (χ1v) is 8.99. The smallest absolute Gasteiger partial charge is 0.246 e. The summed E-state index contributed by atoms with van der Waals surface area (Å²) >= 11 is 0. The summed E-state index contributed by atoms with van der Waals surface area (Å²) in [6, 6.07) is 11.2. The molecule has 0 spiro atoms. The van der Waals surface area contributed by atoms with Gasteiger partial charge in [-0.25, -0.2) is 13.6 Å². The zero-order valence-corrected chi connectivity index (χ0v) is 14.6. The Hall–Kier alpha value is -2.38. The van der Waals surface area contributed by atoms with Crippen LogP contribution in [0.3, 0.4) is 0 Å². The number of anilines is 2. The third kappa shape index (κ3) is 4.56. The van der Waals surface area contributed by atoms with Gasteiger partial charge in [-0.2, -0.15) is 0 Å². The Labute approximate surface area is 142 Å². The molecule has 4 N–H and O–H groups in total. The lowest BCUT2D eigenvalue weighted by Crippen LogP contribution is -2.32. The van der Waals surface area contributed by atoms with Gasteiger partial charge in [0.2, 0.25) is 15.9 Å². The third-order valence-corrected chi connectivity index (χ3v) is 4.62. The van der Waals surface area contributed by atoms with E-state index >= 15 is 0 Å². The quantitative estimate of drug-likeness (QED) is 0.773. The summed E-state index contributed by atoms with van der Waals surface area (Å²) in [4.78, 5) is 12.2. The van der Waals surface area contributed by atoms with Crippen LogP contribution in [0.5, 0.6) is 0 Å². The Morgan fingerprint density at radius 3 is 2.38 bits per heavy atom. The van der Waals surface area contributed by atoms with Gasteiger partial charge in [0, 0.05) is 11.4 Å². The summed E-state index contributed by atoms with van der Waals surface area (Å²) in [5, 5.41) is 10.9. The van der Waals surface area contributed by atoms with Crippen LogP contribution in [-0.2, 0) is 14.8 Å². The van der Waals surface area contributed by atoms with Gasteiger partial charge in [0.15, 0.2) is 0 Å². The number of nitrogens with one attached hydrogen (secondary N) is 2. The summed E-state index contributed by atoms with van der Waals surface area (Å²) in [5.74, 6) is -0.278. The number of benzene rings is 2. The van der Waals surface area contributed by atoms with Gasteiger partial charge in [-0.3, -0.25) is 4.79 Å². The Kier molecular flexibility index (Phi) is 5.26. The molecule has 0 fully saturated rings. The molecule has 24 heavy (non-hydrogen) atoms. The average molecular weight is 347 g/mol. The summed E-state index contributed by atoms with van der Waals surface area (Å²) < 4.78 is 22.7. The van der Waals surface area contributed by atoms with E-state index in [1.165, 1.54) is 23.8 Å². The van der Waals surface area contributed by atoms with E-state index in [2.05, 4.69) is 10.6 Å². The first kappa shape index (κ1) is 18.0. The summed E-state index contributed by atoms with van der Waals surface area (Å²) in [7, 11) is -3.81. The van der Waals surface area contributed by atoms with Crippen LogP contribution in [-0.4, -0.2) is 20.4 Å². The molecule has 2 aromatic carbocycles. The number of sulfonamides is 1. The molecule has 0 aliphatic carbocycles. The Bertz CT molecular complexity index is 863. The van der Waals surface area contributed by atoms with Crippen LogP contribution in [0.25, 0.3) is 0 Å². The van der Waals surface area contributed by atoms with Crippen LogP contribution in [0.1, 0.15) is 18.1 Å². The lowest BCUT2D eigenvalue weighted by molar-refractivity contribution is -0.116. The number of aryl methyl sites for hydroxylation is 2. The van der Waals surface area contributed by atoms with E-state index < -0.39 is 16.1 Å². The topological polar surface area (TPSA) is 101 Å². The van der Waals surface area contributed by atoms with E-state index in [0.29, 0.717) is 5.69 Å². The fourth-order valence-electron chi connectivity index (χ4n) is 2.15. The van der Waals surface area contributed by atoms with E-state index in [0.717, 1.165) is 11.3 Å². The highest BCUT2D eigenvalue weighted by atomic mass is 32.2. The molecule has 6 nitrogen and oxygen atoms in total. The minimum absolute atomic E-state index is 0.0462. The van der Waals surface area contributed by atoms with Crippen molar-refractivity contribution in [3.63, 3.8) is 0 Å². The molecule has 2 rings (SSSR count). The lowest BCUT2D eigenvalue weighted by Gasteiger charge is -2.16. The van der Waals surface area contributed by atoms with Crippen LogP contribution >= 0.6 is 0 Å². The second kappa shape index (κ2) is 7.02. The molecule has 1 atom stereocenters. The molecule has 0 aliphatic rings. The molecule has 0 saturated heterocycles. The standard InChI is InChI=1S/C17H21N3O3S/c1-11-7-8-15(9-12(11)2)19-13(3)17(21)20-14-5-4-6-16(10-14)24(18,22)23/h4-10,13,19H,1-3H3,(H,20,21)(H2,18,22,23). The van der Waals surface area contributed by atoms with Gasteiger partial charge < -0.3 is 10.6 Å². The highest BCUT2D eigenvalue weighted by molar-refractivity contribution is 7.89. The Balaban J connectivity index is 2.07. The van der Waals surface area contributed by atoms with E-state index in [4.69, 9.17) is 5.14 Å². The van der Waals surface area contributed by atoms with Gasteiger partial charge in [0.1, 0.15) is 6.04 Å². The largest absolute Gasteiger partial charge is 0.374 e. The number of nitrogens with two attached hydrogens (primary N) is 1. The summed E-state index contributed by atoms with van der Waals surface area (Å²) in [5.41, 5.74) is 3.53. The van der Waals surface area contributed by atoms with Crippen molar-refractivity contribution in [2.24, 2.45) is 5.14 Å². The van der Waals surface area contributed by atoms with Gasteiger partial charge in [-0.1, -0.05) is 12.1 Å². The number of carbonyl (C=O) groups is 1. The van der Waals surface area contributed by atoms with E-state index in [9.17, 15) is 13.2 Å². The summed E-state index contributed by atoms with van der Waals surface area (Å²) in [6.07, 6.45) is 0. The highest BCUT2D eigenvalue weighted by Gasteiger charge is 2.14. The van der Waals surface area contributed by atoms with Gasteiger partial charge >= 0.3 is 0 Å². The fourth-order valence-corrected chi connectivity index (χ4v) is 2.71. The Morgan fingerprint density at radius 2 is 1.75 bits per heavy atom. The van der Waals surface area contributed by atoms with Crippen LogP contribution in [0.4, 0.5) is 11.4 Å². The van der Waals surface area contributed by atoms with Crippen molar-refractivity contribution in [2.75, 3.05) is 10.6 Å². The molecule has 0 radical (unpaired) electrons. The molecular formula is C17H21N3O3S. The maximum absolute atomic E-state index is 12.3. The zero-order valence-electron chi connectivity index (χ0n) is 13.8. The minimum atomic E-state index is -3.81. The predicted octanol–water partition coefficient (Wildman–Crippen LogP) is 2.39.